The number of benzene rings is 2. The Morgan fingerprint density at radius 2 is 1.65 bits per heavy atom. The average molecular weight is 234 g/mol. The van der Waals surface area contributed by atoms with Crippen molar-refractivity contribution in [2.45, 2.75) is 6.04 Å². The van der Waals surface area contributed by atoms with E-state index in [2.05, 4.69) is 5.43 Å². The van der Waals surface area contributed by atoms with E-state index in [1.807, 2.05) is 18.2 Å². The van der Waals surface area contributed by atoms with Gasteiger partial charge in [0.2, 0.25) is 0 Å². The molecule has 2 rings (SSSR count). The Morgan fingerprint density at radius 3 is 2.29 bits per heavy atom. The van der Waals surface area contributed by atoms with Crippen LogP contribution in [-0.4, -0.2) is 0 Å². The van der Waals surface area contributed by atoms with Gasteiger partial charge in [0.15, 0.2) is 11.6 Å². The van der Waals surface area contributed by atoms with Crippen molar-refractivity contribution in [2.24, 2.45) is 5.84 Å². The van der Waals surface area contributed by atoms with Crippen LogP contribution in [0.4, 0.5) is 8.78 Å². The van der Waals surface area contributed by atoms with Gasteiger partial charge in [0.1, 0.15) is 0 Å². The molecule has 2 aromatic carbocycles. The first-order valence-corrected chi connectivity index (χ1v) is 5.19. The van der Waals surface area contributed by atoms with Crippen molar-refractivity contribution >= 4 is 0 Å². The molecule has 2 nitrogen and oxygen atoms in total. The topological polar surface area (TPSA) is 38.0 Å². The highest BCUT2D eigenvalue weighted by Gasteiger charge is 2.18. The van der Waals surface area contributed by atoms with E-state index >= 15 is 0 Å². The lowest BCUT2D eigenvalue weighted by atomic mass is 9.99. The van der Waals surface area contributed by atoms with Crippen LogP contribution in [0.5, 0.6) is 0 Å². The maximum atomic E-state index is 13.7. The standard InChI is InChI=1S/C13H12F2N2/c14-11-8-4-7-10(12(11)15)13(17-16)9-5-2-1-3-6-9/h1-8,13,17H,16H2/t13-/m0/s1. The lowest BCUT2D eigenvalue weighted by Crippen LogP contribution is -2.29. The first-order valence-electron chi connectivity index (χ1n) is 5.19. The Bertz CT molecular complexity index is 500. The molecule has 0 heterocycles. The van der Waals surface area contributed by atoms with Crippen LogP contribution in [0.2, 0.25) is 0 Å². The number of hydrazine groups is 1. The maximum Gasteiger partial charge on any atom is 0.163 e. The second-order valence-electron chi connectivity index (χ2n) is 3.65. The van der Waals surface area contributed by atoms with E-state index in [1.54, 1.807) is 12.1 Å². The molecule has 0 aliphatic carbocycles. The molecule has 0 saturated heterocycles. The summed E-state index contributed by atoms with van der Waals surface area (Å²) < 4.78 is 26.8. The fourth-order valence-corrected chi connectivity index (χ4v) is 1.75. The summed E-state index contributed by atoms with van der Waals surface area (Å²) in [6, 6.07) is 12.6. The van der Waals surface area contributed by atoms with E-state index < -0.39 is 17.7 Å². The summed E-state index contributed by atoms with van der Waals surface area (Å²) in [5.74, 6) is 3.66. The molecule has 17 heavy (non-hydrogen) atoms. The molecule has 0 fully saturated rings. The number of hydrogen-bond donors (Lipinski definition) is 2. The molecule has 0 radical (unpaired) electrons. The molecule has 0 amide bonds. The Hall–Kier alpha value is -1.78. The van der Waals surface area contributed by atoms with Crippen LogP contribution >= 0.6 is 0 Å². The average Bonchev–Trinajstić information content (AvgIpc) is 2.37. The van der Waals surface area contributed by atoms with Gasteiger partial charge in [0, 0.05) is 5.56 Å². The summed E-state index contributed by atoms with van der Waals surface area (Å²) in [6.45, 7) is 0. The fourth-order valence-electron chi connectivity index (χ4n) is 1.75. The highest BCUT2D eigenvalue weighted by Crippen LogP contribution is 2.24. The first kappa shape index (κ1) is 11.7. The molecule has 3 N–H and O–H groups in total. The monoisotopic (exact) mass is 234 g/mol. The van der Waals surface area contributed by atoms with Crippen molar-refractivity contribution in [3.05, 3.63) is 71.3 Å². The lowest BCUT2D eigenvalue weighted by Gasteiger charge is -2.17. The normalized spacial score (nSPS) is 12.4. The van der Waals surface area contributed by atoms with Crippen molar-refractivity contribution < 1.29 is 8.78 Å². The van der Waals surface area contributed by atoms with E-state index in [0.717, 1.165) is 11.6 Å². The Morgan fingerprint density at radius 1 is 0.941 bits per heavy atom. The summed E-state index contributed by atoms with van der Waals surface area (Å²) in [6.07, 6.45) is 0. The van der Waals surface area contributed by atoms with Gasteiger partial charge in [-0.15, -0.1) is 0 Å². The third kappa shape index (κ3) is 2.33. The molecule has 88 valence electrons. The number of nitrogens with two attached hydrogens (primary N) is 1. The summed E-state index contributed by atoms with van der Waals surface area (Å²) >= 11 is 0. The smallest absolute Gasteiger partial charge is 0.163 e. The lowest BCUT2D eigenvalue weighted by molar-refractivity contribution is 0.483. The van der Waals surface area contributed by atoms with Gasteiger partial charge >= 0.3 is 0 Å². The van der Waals surface area contributed by atoms with Gasteiger partial charge in [-0.2, -0.15) is 0 Å². The van der Waals surface area contributed by atoms with Crippen LogP contribution in [0.1, 0.15) is 17.2 Å². The predicted octanol–water partition coefficient (Wildman–Crippen LogP) is 2.52. The van der Waals surface area contributed by atoms with E-state index in [-0.39, 0.29) is 5.56 Å². The highest BCUT2D eigenvalue weighted by atomic mass is 19.2. The molecule has 0 aromatic heterocycles. The molecule has 1 atom stereocenters. The van der Waals surface area contributed by atoms with Gasteiger partial charge < -0.3 is 0 Å². The minimum absolute atomic E-state index is 0.193. The summed E-state index contributed by atoms with van der Waals surface area (Å²) in [5, 5.41) is 0. The summed E-state index contributed by atoms with van der Waals surface area (Å²) in [7, 11) is 0. The van der Waals surface area contributed by atoms with Crippen LogP contribution in [0.15, 0.2) is 48.5 Å². The summed E-state index contributed by atoms with van der Waals surface area (Å²) in [4.78, 5) is 0. The Balaban J connectivity index is 2.46. The van der Waals surface area contributed by atoms with Crippen molar-refractivity contribution in [1.29, 1.82) is 0 Å². The largest absolute Gasteiger partial charge is 0.271 e. The zero-order valence-electron chi connectivity index (χ0n) is 9.03. The second kappa shape index (κ2) is 5.03. The minimum Gasteiger partial charge on any atom is -0.271 e. The molecule has 0 spiro atoms. The molecule has 0 aliphatic rings. The van der Waals surface area contributed by atoms with Gasteiger partial charge in [0.05, 0.1) is 6.04 Å². The number of halogens is 2. The fraction of sp³-hybridized carbons (Fsp3) is 0.0769. The predicted molar refractivity (Wildman–Crippen MR) is 62.0 cm³/mol. The van der Waals surface area contributed by atoms with Crippen LogP contribution in [0, 0.1) is 11.6 Å². The molecular formula is C13H12F2N2. The van der Waals surface area contributed by atoms with E-state index in [9.17, 15) is 8.78 Å². The van der Waals surface area contributed by atoms with E-state index in [1.165, 1.54) is 12.1 Å². The van der Waals surface area contributed by atoms with Crippen molar-refractivity contribution in [1.82, 2.24) is 5.43 Å². The van der Waals surface area contributed by atoms with Crippen molar-refractivity contribution in [2.75, 3.05) is 0 Å². The zero-order valence-corrected chi connectivity index (χ0v) is 9.03. The van der Waals surface area contributed by atoms with Gasteiger partial charge in [-0.25, -0.2) is 14.2 Å². The zero-order chi connectivity index (χ0) is 12.3. The molecule has 0 unspecified atom stereocenters. The Labute approximate surface area is 98.0 Å². The minimum atomic E-state index is -0.876. The SMILES string of the molecule is NN[C@@H](c1ccccc1)c1cccc(F)c1F. The number of rotatable bonds is 3. The highest BCUT2D eigenvalue weighted by molar-refractivity contribution is 5.32. The van der Waals surface area contributed by atoms with Gasteiger partial charge in [-0.05, 0) is 11.6 Å². The third-order valence-electron chi connectivity index (χ3n) is 2.59. The maximum absolute atomic E-state index is 13.7. The molecule has 0 bridgehead atoms. The van der Waals surface area contributed by atoms with Gasteiger partial charge in [-0.3, -0.25) is 5.84 Å². The van der Waals surface area contributed by atoms with Crippen molar-refractivity contribution in [3.63, 3.8) is 0 Å². The number of hydrogen-bond acceptors (Lipinski definition) is 2. The van der Waals surface area contributed by atoms with Gasteiger partial charge in [0.25, 0.3) is 0 Å². The number of nitrogens with one attached hydrogen (secondary N) is 1. The van der Waals surface area contributed by atoms with Crippen molar-refractivity contribution in [3.8, 4) is 0 Å². The van der Waals surface area contributed by atoms with Crippen LogP contribution in [-0.2, 0) is 0 Å². The third-order valence-corrected chi connectivity index (χ3v) is 2.59. The molecule has 2 aromatic rings. The molecule has 4 heteroatoms. The molecule has 0 aliphatic heterocycles. The van der Waals surface area contributed by atoms with Crippen LogP contribution < -0.4 is 11.3 Å². The van der Waals surface area contributed by atoms with E-state index in [0.29, 0.717) is 0 Å². The van der Waals surface area contributed by atoms with Gasteiger partial charge in [-0.1, -0.05) is 42.5 Å². The molecular weight excluding hydrogens is 222 g/mol. The van der Waals surface area contributed by atoms with Crippen LogP contribution in [0.25, 0.3) is 0 Å². The Kier molecular flexibility index (Phi) is 3.46. The second-order valence-corrected chi connectivity index (χ2v) is 3.65. The molecule has 0 saturated carbocycles. The quantitative estimate of drug-likeness (QED) is 0.632. The van der Waals surface area contributed by atoms with Crippen LogP contribution in [0.3, 0.4) is 0 Å². The van der Waals surface area contributed by atoms with E-state index in [4.69, 9.17) is 5.84 Å². The first-order chi connectivity index (χ1) is 8.24. The summed E-state index contributed by atoms with van der Waals surface area (Å²) in [5.41, 5.74) is 3.47.